The van der Waals surface area contributed by atoms with Gasteiger partial charge in [-0.15, -0.1) is 11.8 Å². The summed E-state index contributed by atoms with van der Waals surface area (Å²) in [6.07, 6.45) is 10.3. The molecule has 4 saturated carbocycles. The van der Waals surface area contributed by atoms with Crippen LogP contribution in [0.1, 0.15) is 51.4 Å². The molecule has 0 radical (unpaired) electrons. The van der Waals surface area contributed by atoms with E-state index in [2.05, 4.69) is 10.1 Å². The van der Waals surface area contributed by atoms with Crippen molar-refractivity contribution in [3.63, 3.8) is 0 Å². The molecule has 0 aromatic rings. The van der Waals surface area contributed by atoms with E-state index in [0.29, 0.717) is 23.3 Å². The van der Waals surface area contributed by atoms with Crippen molar-refractivity contribution in [2.75, 3.05) is 25.2 Å². The third kappa shape index (κ3) is 4.43. The number of thioether (sulfide) groups is 1. The van der Waals surface area contributed by atoms with Gasteiger partial charge in [0.15, 0.2) is 0 Å². The molecule has 0 unspecified atom stereocenters. The lowest BCUT2D eigenvalue weighted by atomic mass is 9.49. The third-order valence-electron chi connectivity index (χ3n) is 6.06. The molecule has 1 N–H and O–H groups in total. The summed E-state index contributed by atoms with van der Waals surface area (Å²) in [5.74, 6) is 3.84. The van der Waals surface area contributed by atoms with E-state index in [1.54, 1.807) is 0 Å². The van der Waals surface area contributed by atoms with Crippen LogP contribution in [-0.4, -0.2) is 37.0 Å². The van der Waals surface area contributed by atoms with E-state index in [-0.39, 0.29) is 11.9 Å². The van der Waals surface area contributed by atoms with Gasteiger partial charge in [-0.3, -0.25) is 9.59 Å². The molecule has 0 aromatic carbocycles. The summed E-state index contributed by atoms with van der Waals surface area (Å²) < 4.78 is 4.58. The minimum atomic E-state index is -0.225. The standard InChI is InChI=1S/C18H29NO3S/c1-22-17(21)12-23-5-2-16(20)19-4-3-18-9-13-6-14(10-18)8-15(7-13)11-18/h13-15H,2-12H2,1H3,(H,19,20). The van der Waals surface area contributed by atoms with Gasteiger partial charge >= 0.3 is 5.97 Å². The highest BCUT2D eigenvalue weighted by atomic mass is 32.2. The summed E-state index contributed by atoms with van der Waals surface area (Å²) in [6.45, 7) is 0.826. The average molecular weight is 340 g/mol. The van der Waals surface area contributed by atoms with Crippen molar-refractivity contribution in [2.45, 2.75) is 51.4 Å². The van der Waals surface area contributed by atoms with Gasteiger partial charge in [-0.1, -0.05) is 0 Å². The minimum Gasteiger partial charge on any atom is -0.468 e. The zero-order chi connectivity index (χ0) is 16.3. The second-order valence-electron chi connectivity index (χ2n) is 7.90. The van der Waals surface area contributed by atoms with Crippen LogP contribution in [0, 0.1) is 23.2 Å². The fourth-order valence-electron chi connectivity index (χ4n) is 5.53. The Hall–Kier alpha value is -0.710. The van der Waals surface area contributed by atoms with Gasteiger partial charge in [0.2, 0.25) is 5.91 Å². The fraction of sp³-hybridized carbons (Fsp3) is 0.889. The number of carbonyl (C=O) groups is 2. The van der Waals surface area contributed by atoms with Gasteiger partial charge in [0.25, 0.3) is 0 Å². The molecule has 23 heavy (non-hydrogen) atoms. The molecule has 5 heteroatoms. The second kappa shape index (κ2) is 7.45. The zero-order valence-corrected chi connectivity index (χ0v) is 15.0. The van der Waals surface area contributed by atoms with Crippen LogP contribution in [0.2, 0.25) is 0 Å². The first kappa shape index (κ1) is 17.1. The third-order valence-corrected chi connectivity index (χ3v) is 7.00. The van der Waals surface area contributed by atoms with Crippen LogP contribution in [0.5, 0.6) is 0 Å². The fourth-order valence-corrected chi connectivity index (χ4v) is 6.29. The Morgan fingerprint density at radius 1 is 1.13 bits per heavy atom. The van der Waals surface area contributed by atoms with E-state index in [1.165, 1.54) is 57.4 Å². The summed E-state index contributed by atoms with van der Waals surface area (Å²) in [5, 5.41) is 3.09. The van der Waals surface area contributed by atoms with Crippen molar-refractivity contribution >= 4 is 23.6 Å². The molecule has 4 fully saturated rings. The largest absolute Gasteiger partial charge is 0.468 e. The number of amides is 1. The molecule has 0 saturated heterocycles. The molecule has 4 bridgehead atoms. The quantitative estimate of drug-likeness (QED) is 0.545. The van der Waals surface area contributed by atoms with Crippen LogP contribution in [0.3, 0.4) is 0 Å². The van der Waals surface area contributed by atoms with E-state index in [0.717, 1.165) is 30.7 Å². The molecule has 0 aromatic heterocycles. The Balaban J connectivity index is 1.32. The van der Waals surface area contributed by atoms with E-state index in [4.69, 9.17) is 0 Å². The molecule has 4 nitrogen and oxygen atoms in total. The van der Waals surface area contributed by atoms with Crippen molar-refractivity contribution in [3.05, 3.63) is 0 Å². The van der Waals surface area contributed by atoms with Gasteiger partial charge in [-0.25, -0.2) is 0 Å². The predicted molar refractivity (Wildman–Crippen MR) is 92.2 cm³/mol. The summed E-state index contributed by atoms with van der Waals surface area (Å²) in [7, 11) is 1.39. The van der Waals surface area contributed by atoms with Crippen molar-refractivity contribution in [2.24, 2.45) is 23.2 Å². The van der Waals surface area contributed by atoms with E-state index in [9.17, 15) is 9.59 Å². The zero-order valence-electron chi connectivity index (χ0n) is 14.1. The predicted octanol–water partition coefficient (Wildman–Crippen LogP) is 3.01. The Bertz CT molecular complexity index is 416. The van der Waals surface area contributed by atoms with Gasteiger partial charge in [0.05, 0.1) is 12.9 Å². The van der Waals surface area contributed by atoms with E-state index >= 15 is 0 Å². The van der Waals surface area contributed by atoms with Crippen LogP contribution < -0.4 is 5.32 Å². The molecule has 4 rings (SSSR count). The van der Waals surface area contributed by atoms with Crippen LogP contribution in [-0.2, 0) is 14.3 Å². The topological polar surface area (TPSA) is 55.4 Å². The maximum atomic E-state index is 11.9. The summed E-state index contributed by atoms with van der Waals surface area (Å²) in [6, 6.07) is 0. The lowest BCUT2D eigenvalue weighted by Gasteiger charge is -2.57. The van der Waals surface area contributed by atoms with Gasteiger partial charge in [-0.05, 0) is 68.1 Å². The molecular formula is C18H29NO3S. The number of rotatable bonds is 8. The summed E-state index contributed by atoms with van der Waals surface area (Å²) in [5.41, 5.74) is 0.543. The van der Waals surface area contributed by atoms with Crippen LogP contribution in [0.25, 0.3) is 0 Å². The minimum absolute atomic E-state index is 0.118. The first-order chi connectivity index (χ1) is 11.1. The van der Waals surface area contributed by atoms with Crippen LogP contribution >= 0.6 is 11.8 Å². The number of hydrogen-bond donors (Lipinski definition) is 1. The Morgan fingerprint density at radius 3 is 2.30 bits per heavy atom. The van der Waals surface area contributed by atoms with Gasteiger partial charge in [0.1, 0.15) is 0 Å². The van der Waals surface area contributed by atoms with Gasteiger partial charge in [-0.2, -0.15) is 0 Å². The normalized spacial score (nSPS) is 34.4. The lowest BCUT2D eigenvalue weighted by Crippen LogP contribution is -2.47. The Kier molecular flexibility index (Phi) is 5.55. The maximum absolute atomic E-state index is 11.9. The number of ether oxygens (including phenoxy) is 1. The van der Waals surface area contributed by atoms with Crippen molar-refractivity contribution < 1.29 is 14.3 Å². The van der Waals surface area contributed by atoms with Crippen molar-refractivity contribution in [1.29, 1.82) is 0 Å². The second-order valence-corrected chi connectivity index (χ2v) is 9.00. The maximum Gasteiger partial charge on any atom is 0.315 e. The highest BCUT2D eigenvalue weighted by molar-refractivity contribution is 7.99. The van der Waals surface area contributed by atoms with Gasteiger partial charge < -0.3 is 10.1 Å². The van der Waals surface area contributed by atoms with Crippen molar-refractivity contribution in [3.8, 4) is 0 Å². The smallest absolute Gasteiger partial charge is 0.315 e. The number of methoxy groups -OCH3 is 1. The van der Waals surface area contributed by atoms with Crippen molar-refractivity contribution in [1.82, 2.24) is 5.32 Å². The Morgan fingerprint density at radius 2 is 1.74 bits per heavy atom. The van der Waals surface area contributed by atoms with E-state index < -0.39 is 0 Å². The average Bonchev–Trinajstić information content (AvgIpc) is 2.49. The van der Waals surface area contributed by atoms with Crippen LogP contribution in [0.4, 0.5) is 0 Å². The monoisotopic (exact) mass is 339 g/mol. The molecule has 130 valence electrons. The van der Waals surface area contributed by atoms with Crippen LogP contribution in [0.15, 0.2) is 0 Å². The first-order valence-corrected chi connectivity index (χ1v) is 10.2. The molecule has 0 aliphatic heterocycles. The molecule has 0 atom stereocenters. The number of hydrogen-bond acceptors (Lipinski definition) is 4. The SMILES string of the molecule is COC(=O)CSCCC(=O)NCCC12CC3CC(CC(C3)C1)C2. The number of nitrogens with one attached hydrogen (secondary N) is 1. The number of carbonyl (C=O) groups excluding carboxylic acids is 2. The lowest BCUT2D eigenvalue weighted by molar-refractivity contribution is -0.137. The molecule has 0 spiro atoms. The number of esters is 1. The molecule has 4 aliphatic rings. The molecule has 0 heterocycles. The summed E-state index contributed by atoms with van der Waals surface area (Å²) in [4.78, 5) is 22.9. The van der Waals surface area contributed by atoms with E-state index in [1.807, 2.05) is 0 Å². The highest BCUT2D eigenvalue weighted by Crippen LogP contribution is 2.61. The summed E-state index contributed by atoms with van der Waals surface area (Å²) >= 11 is 1.46. The Labute approximate surface area is 143 Å². The van der Waals surface area contributed by atoms with Gasteiger partial charge in [0, 0.05) is 18.7 Å². The first-order valence-electron chi connectivity index (χ1n) is 9.00. The molecule has 4 aliphatic carbocycles. The molecular weight excluding hydrogens is 310 g/mol. The molecule has 1 amide bonds. The highest BCUT2D eigenvalue weighted by Gasteiger charge is 2.50.